The van der Waals surface area contributed by atoms with Crippen molar-refractivity contribution >= 4 is 28.8 Å². The molecule has 0 radical (unpaired) electrons. The van der Waals surface area contributed by atoms with Crippen LogP contribution < -0.4 is 19.3 Å². The Morgan fingerprint density at radius 1 is 0.781 bits per heavy atom. The summed E-state index contributed by atoms with van der Waals surface area (Å²) in [7, 11) is 3.10. The largest absolute Gasteiger partial charge is 0.497 e. The highest BCUT2D eigenvalue weighted by Crippen LogP contribution is 2.39. The number of carbonyl (C=O) groups is 2. The molecule has 32 heavy (non-hydrogen) atoms. The molecule has 0 atom stereocenters. The van der Waals surface area contributed by atoms with Crippen molar-refractivity contribution < 1.29 is 19.1 Å². The van der Waals surface area contributed by atoms with E-state index in [-0.39, 0.29) is 0 Å². The van der Waals surface area contributed by atoms with E-state index in [1.807, 2.05) is 42.2 Å². The number of methoxy groups -OCH3 is 2. The molecule has 6 nitrogen and oxygen atoms in total. The molecule has 3 aromatic carbocycles. The van der Waals surface area contributed by atoms with Crippen LogP contribution in [0.25, 0.3) is 5.57 Å². The van der Waals surface area contributed by atoms with Gasteiger partial charge in [0.2, 0.25) is 0 Å². The third-order valence-corrected chi connectivity index (χ3v) is 5.42. The van der Waals surface area contributed by atoms with Crippen molar-refractivity contribution in [3.63, 3.8) is 0 Å². The quantitative estimate of drug-likeness (QED) is 0.518. The predicted molar refractivity (Wildman–Crippen MR) is 125 cm³/mol. The van der Waals surface area contributed by atoms with Gasteiger partial charge in [-0.3, -0.25) is 9.59 Å². The molecule has 162 valence electrons. The van der Waals surface area contributed by atoms with Gasteiger partial charge in [-0.2, -0.15) is 0 Å². The van der Waals surface area contributed by atoms with E-state index in [1.54, 1.807) is 55.6 Å². The molecule has 4 rings (SSSR count). The van der Waals surface area contributed by atoms with Crippen LogP contribution >= 0.6 is 0 Å². The minimum absolute atomic E-state index is 0.333. The number of imide groups is 1. The third-order valence-electron chi connectivity index (χ3n) is 5.42. The Balaban J connectivity index is 1.91. The zero-order chi connectivity index (χ0) is 22.7. The highest BCUT2D eigenvalue weighted by molar-refractivity contribution is 6.46. The monoisotopic (exact) mass is 428 g/mol. The van der Waals surface area contributed by atoms with E-state index >= 15 is 0 Å². The maximum absolute atomic E-state index is 13.8. The van der Waals surface area contributed by atoms with Gasteiger partial charge in [-0.25, -0.2) is 4.90 Å². The maximum atomic E-state index is 13.8. The topological polar surface area (TPSA) is 59.1 Å². The molecule has 1 heterocycles. The first kappa shape index (κ1) is 21.2. The van der Waals surface area contributed by atoms with Crippen LogP contribution in [-0.2, 0) is 9.59 Å². The summed E-state index contributed by atoms with van der Waals surface area (Å²) in [5, 5.41) is 0. The average Bonchev–Trinajstić information content (AvgIpc) is 3.10. The van der Waals surface area contributed by atoms with Crippen LogP contribution in [0.1, 0.15) is 12.5 Å². The standard InChI is InChI=1S/C26H24N2O4/c1-4-27(19-10-6-5-7-11-19)24-23(18-14-16-20(31-2)17-15-18)25(29)28(26(24)30)21-12-8-9-13-22(21)32-3/h5-17H,4H2,1-3H3. The Morgan fingerprint density at radius 3 is 2.06 bits per heavy atom. The lowest BCUT2D eigenvalue weighted by molar-refractivity contribution is -0.120. The van der Waals surface area contributed by atoms with Crippen molar-refractivity contribution in [2.75, 3.05) is 30.6 Å². The van der Waals surface area contributed by atoms with Crippen LogP contribution in [-0.4, -0.2) is 32.6 Å². The first-order valence-electron chi connectivity index (χ1n) is 10.3. The van der Waals surface area contributed by atoms with Crippen molar-refractivity contribution in [1.82, 2.24) is 0 Å². The van der Waals surface area contributed by atoms with Gasteiger partial charge in [0.25, 0.3) is 11.8 Å². The van der Waals surface area contributed by atoms with Crippen molar-refractivity contribution in [3.05, 3.63) is 90.1 Å². The van der Waals surface area contributed by atoms with Crippen LogP contribution in [0.15, 0.2) is 84.6 Å². The zero-order valence-corrected chi connectivity index (χ0v) is 18.2. The number of carbonyl (C=O) groups excluding carboxylic acids is 2. The van der Waals surface area contributed by atoms with E-state index in [4.69, 9.17) is 9.47 Å². The van der Waals surface area contributed by atoms with Gasteiger partial charge in [-0.1, -0.05) is 42.5 Å². The van der Waals surface area contributed by atoms with Gasteiger partial charge in [-0.05, 0) is 48.9 Å². The Kier molecular flexibility index (Phi) is 5.94. The van der Waals surface area contributed by atoms with Crippen LogP contribution in [0, 0.1) is 0 Å². The van der Waals surface area contributed by atoms with Crippen LogP contribution in [0.5, 0.6) is 11.5 Å². The van der Waals surface area contributed by atoms with Crippen LogP contribution in [0.4, 0.5) is 11.4 Å². The van der Waals surface area contributed by atoms with Gasteiger partial charge in [-0.15, -0.1) is 0 Å². The lowest BCUT2D eigenvalue weighted by atomic mass is 10.0. The summed E-state index contributed by atoms with van der Waals surface area (Å²) in [5.41, 5.74) is 2.56. The molecule has 6 heteroatoms. The number of para-hydroxylation sites is 3. The third kappa shape index (κ3) is 3.60. The van der Waals surface area contributed by atoms with Crippen LogP contribution in [0.2, 0.25) is 0 Å². The van der Waals surface area contributed by atoms with Gasteiger partial charge in [0, 0.05) is 12.2 Å². The summed E-state index contributed by atoms with van der Waals surface area (Å²) in [4.78, 5) is 30.6. The normalized spacial score (nSPS) is 13.5. The number of ether oxygens (including phenoxy) is 2. The number of amides is 2. The minimum Gasteiger partial charge on any atom is -0.497 e. The summed E-state index contributed by atoms with van der Waals surface area (Å²) in [6, 6.07) is 23.7. The molecule has 0 saturated carbocycles. The van der Waals surface area contributed by atoms with Gasteiger partial charge in [0.15, 0.2) is 0 Å². The van der Waals surface area contributed by atoms with Gasteiger partial charge < -0.3 is 14.4 Å². The first-order valence-corrected chi connectivity index (χ1v) is 10.3. The van der Waals surface area contributed by atoms with E-state index in [1.165, 1.54) is 12.0 Å². The summed E-state index contributed by atoms with van der Waals surface area (Å²) < 4.78 is 10.7. The van der Waals surface area contributed by atoms with Crippen LogP contribution in [0.3, 0.4) is 0 Å². The second-order valence-electron chi connectivity index (χ2n) is 7.15. The molecule has 0 N–H and O–H groups in total. The fraction of sp³-hybridized carbons (Fsp3) is 0.154. The smallest absolute Gasteiger partial charge is 0.282 e. The molecular weight excluding hydrogens is 404 g/mol. The lowest BCUT2D eigenvalue weighted by Crippen LogP contribution is -2.35. The van der Waals surface area contributed by atoms with E-state index in [9.17, 15) is 9.59 Å². The molecule has 0 bridgehead atoms. The lowest BCUT2D eigenvalue weighted by Gasteiger charge is -2.25. The minimum atomic E-state index is -0.394. The molecule has 2 amide bonds. The summed E-state index contributed by atoms with van der Waals surface area (Å²) in [6.07, 6.45) is 0. The highest BCUT2D eigenvalue weighted by atomic mass is 16.5. The Morgan fingerprint density at radius 2 is 1.44 bits per heavy atom. The molecule has 0 aromatic heterocycles. The zero-order valence-electron chi connectivity index (χ0n) is 18.2. The Hall–Kier alpha value is -4.06. The van der Waals surface area contributed by atoms with E-state index in [0.717, 1.165) is 5.69 Å². The second-order valence-corrected chi connectivity index (χ2v) is 7.15. The molecule has 1 aliphatic heterocycles. The molecular formula is C26H24N2O4. The van der Waals surface area contributed by atoms with E-state index in [0.29, 0.717) is 40.6 Å². The number of benzene rings is 3. The number of hydrogen-bond acceptors (Lipinski definition) is 5. The van der Waals surface area contributed by atoms with Gasteiger partial charge in [0.1, 0.15) is 17.2 Å². The summed E-state index contributed by atoms with van der Waals surface area (Å²) in [5.74, 6) is 0.335. The number of anilines is 2. The Bertz CT molecular complexity index is 1170. The summed E-state index contributed by atoms with van der Waals surface area (Å²) >= 11 is 0. The van der Waals surface area contributed by atoms with E-state index in [2.05, 4.69) is 0 Å². The fourth-order valence-electron chi connectivity index (χ4n) is 3.90. The average molecular weight is 428 g/mol. The molecule has 0 saturated heterocycles. The maximum Gasteiger partial charge on any atom is 0.282 e. The highest BCUT2D eigenvalue weighted by Gasteiger charge is 2.43. The molecule has 0 aliphatic carbocycles. The van der Waals surface area contributed by atoms with E-state index < -0.39 is 11.8 Å². The Labute approximate surface area is 187 Å². The number of likely N-dealkylation sites (N-methyl/N-ethyl adjacent to an activating group) is 1. The molecule has 0 fully saturated rings. The second kappa shape index (κ2) is 8.98. The molecule has 1 aliphatic rings. The van der Waals surface area contributed by atoms with Crippen molar-refractivity contribution in [3.8, 4) is 11.5 Å². The molecule has 0 spiro atoms. The first-order chi connectivity index (χ1) is 15.6. The van der Waals surface area contributed by atoms with Crippen molar-refractivity contribution in [2.45, 2.75) is 6.92 Å². The van der Waals surface area contributed by atoms with Gasteiger partial charge >= 0.3 is 0 Å². The number of nitrogens with zero attached hydrogens (tertiary/aromatic N) is 2. The fourth-order valence-corrected chi connectivity index (χ4v) is 3.90. The predicted octanol–water partition coefficient (Wildman–Crippen LogP) is 4.51. The summed E-state index contributed by atoms with van der Waals surface area (Å²) in [6.45, 7) is 2.47. The number of hydrogen-bond donors (Lipinski definition) is 0. The van der Waals surface area contributed by atoms with Gasteiger partial charge in [0.05, 0.1) is 25.5 Å². The van der Waals surface area contributed by atoms with Crippen molar-refractivity contribution in [2.24, 2.45) is 0 Å². The SMILES string of the molecule is CCN(C1=C(c2ccc(OC)cc2)C(=O)N(c2ccccc2OC)C1=O)c1ccccc1. The molecule has 3 aromatic rings. The number of rotatable bonds is 7. The van der Waals surface area contributed by atoms with Crippen molar-refractivity contribution in [1.29, 1.82) is 0 Å². The molecule has 0 unspecified atom stereocenters.